The first-order valence-corrected chi connectivity index (χ1v) is 6.28. The largest absolute Gasteiger partial charge is 0.480 e. The van der Waals surface area contributed by atoms with Crippen LogP contribution in [-0.2, 0) is 16.0 Å². The quantitative estimate of drug-likeness (QED) is 0.900. The lowest BCUT2D eigenvalue weighted by molar-refractivity contribution is -0.138. The molecular formula is C15H17NO3. The molecule has 0 amide bonds. The van der Waals surface area contributed by atoms with Crippen LogP contribution in [-0.4, -0.2) is 28.6 Å². The van der Waals surface area contributed by atoms with Crippen LogP contribution in [0, 0.1) is 5.41 Å². The van der Waals surface area contributed by atoms with Crippen LogP contribution < -0.4 is 0 Å². The molecule has 4 heteroatoms. The summed E-state index contributed by atoms with van der Waals surface area (Å²) in [5.41, 5.74) is 1.04. The first kappa shape index (κ1) is 13.5. The zero-order valence-corrected chi connectivity index (χ0v) is 11.1. The van der Waals surface area contributed by atoms with Gasteiger partial charge >= 0.3 is 5.97 Å². The van der Waals surface area contributed by atoms with Crippen molar-refractivity contribution in [2.75, 3.05) is 0 Å². The Morgan fingerprint density at radius 2 is 2.00 bits per heavy atom. The maximum absolute atomic E-state index is 11.4. The fraction of sp³-hybridized carbons (Fsp3) is 0.400. The fourth-order valence-corrected chi connectivity index (χ4v) is 2.07. The molecule has 1 fully saturated rings. The van der Waals surface area contributed by atoms with Gasteiger partial charge in [0, 0.05) is 18.6 Å². The van der Waals surface area contributed by atoms with E-state index in [4.69, 9.17) is 0 Å². The van der Waals surface area contributed by atoms with Gasteiger partial charge in [-0.05, 0) is 19.4 Å². The number of carboxylic acids is 1. The average molecular weight is 259 g/mol. The molecular weight excluding hydrogens is 242 g/mol. The van der Waals surface area contributed by atoms with E-state index in [0.717, 1.165) is 5.56 Å². The predicted octanol–water partition coefficient (Wildman–Crippen LogP) is 2.12. The Bertz CT molecular complexity index is 532. The van der Waals surface area contributed by atoms with Crippen molar-refractivity contribution in [1.82, 2.24) is 0 Å². The van der Waals surface area contributed by atoms with Crippen molar-refractivity contribution in [2.24, 2.45) is 10.4 Å². The van der Waals surface area contributed by atoms with Crippen molar-refractivity contribution in [1.29, 1.82) is 0 Å². The van der Waals surface area contributed by atoms with Gasteiger partial charge in [0.05, 0.1) is 5.41 Å². The van der Waals surface area contributed by atoms with Gasteiger partial charge in [-0.2, -0.15) is 0 Å². The lowest BCUT2D eigenvalue weighted by Gasteiger charge is -2.35. The van der Waals surface area contributed by atoms with E-state index in [1.807, 2.05) is 30.3 Å². The third-order valence-corrected chi connectivity index (χ3v) is 3.62. The number of aliphatic carboxylic acids is 1. The standard InChI is InChI=1S/C15H17NO3/c1-15(2)12(9-13(15)17)16-11(14(18)19)8-10-6-4-3-5-7-10/h3-7,11H,8-9H2,1-2H3,(H,18,19)/t11-/m0/s1. The fourth-order valence-electron chi connectivity index (χ4n) is 2.07. The van der Waals surface area contributed by atoms with E-state index in [1.165, 1.54) is 0 Å². The summed E-state index contributed by atoms with van der Waals surface area (Å²) in [6, 6.07) is 8.58. The highest BCUT2D eigenvalue weighted by Crippen LogP contribution is 2.33. The van der Waals surface area contributed by atoms with Crippen molar-refractivity contribution >= 4 is 17.5 Å². The molecule has 1 aliphatic rings. The normalized spacial score (nSPS) is 20.9. The first-order chi connectivity index (χ1) is 8.91. The van der Waals surface area contributed by atoms with Gasteiger partial charge in [0.15, 0.2) is 6.04 Å². The molecule has 0 saturated heterocycles. The number of Topliss-reactive ketones (excluding diaryl/α,β-unsaturated/α-hetero) is 1. The van der Waals surface area contributed by atoms with Gasteiger partial charge in [0.25, 0.3) is 0 Å². The summed E-state index contributed by atoms with van der Waals surface area (Å²) < 4.78 is 0. The predicted molar refractivity (Wildman–Crippen MR) is 72.4 cm³/mol. The van der Waals surface area contributed by atoms with Crippen LogP contribution in [0.2, 0.25) is 0 Å². The summed E-state index contributed by atoms with van der Waals surface area (Å²) in [5.74, 6) is -0.832. The Kier molecular flexibility index (Phi) is 3.51. The topological polar surface area (TPSA) is 66.7 Å². The van der Waals surface area contributed by atoms with Crippen molar-refractivity contribution in [3.05, 3.63) is 35.9 Å². The van der Waals surface area contributed by atoms with Gasteiger partial charge in [-0.15, -0.1) is 0 Å². The van der Waals surface area contributed by atoms with Crippen LogP contribution in [0.15, 0.2) is 35.3 Å². The van der Waals surface area contributed by atoms with Gasteiger partial charge < -0.3 is 5.11 Å². The number of ketones is 1. The second kappa shape index (κ2) is 4.96. The lowest BCUT2D eigenvalue weighted by Crippen LogP contribution is -2.47. The average Bonchev–Trinajstić information content (AvgIpc) is 2.38. The van der Waals surface area contributed by atoms with Crippen LogP contribution in [0.4, 0.5) is 0 Å². The highest BCUT2D eigenvalue weighted by atomic mass is 16.4. The number of nitrogens with zero attached hydrogens (tertiary/aromatic N) is 1. The minimum Gasteiger partial charge on any atom is -0.480 e. The number of carboxylic acid groups (broad SMARTS) is 1. The van der Waals surface area contributed by atoms with Crippen LogP contribution in [0.25, 0.3) is 0 Å². The third kappa shape index (κ3) is 2.72. The highest BCUT2D eigenvalue weighted by molar-refractivity contribution is 6.26. The summed E-state index contributed by atoms with van der Waals surface area (Å²) in [4.78, 5) is 27.0. The second-order valence-corrected chi connectivity index (χ2v) is 5.34. The molecule has 0 heterocycles. The van der Waals surface area contributed by atoms with Crippen molar-refractivity contribution in [3.63, 3.8) is 0 Å². The van der Waals surface area contributed by atoms with Gasteiger partial charge in [-0.3, -0.25) is 9.79 Å². The SMILES string of the molecule is CC1(C)C(=O)CC1=N[C@@H](Cc1ccccc1)C(=O)O. The molecule has 1 aromatic rings. The van der Waals surface area contributed by atoms with Crippen LogP contribution >= 0.6 is 0 Å². The lowest BCUT2D eigenvalue weighted by atomic mass is 9.68. The molecule has 1 N–H and O–H groups in total. The van der Waals surface area contributed by atoms with E-state index < -0.39 is 17.4 Å². The number of hydrogen-bond donors (Lipinski definition) is 1. The zero-order chi connectivity index (χ0) is 14.0. The monoisotopic (exact) mass is 259 g/mol. The number of carbonyl (C=O) groups is 2. The summed E-state index contributed by atoms with van der Waals surface area (Å²) in [6.45, 7) is 3.58. The zero-order valence-electron chi connectivity index (χ0n) is 11.1. The number of rotatable bonds is 4. The Morgan fingerprint density at radius 1 is 1.37 bits per heavy atom. The number of aliphatic imine (C=N–C) groups is 1. The molecule has 1 aromatic carbocycles. The van der Waals surface area contributed by atoms with E-state index in [9.17, 15) is 14.7 Å². The molecule has 19 heavy (non-hydrogen) atoms. The minimum atomic E-state index is -0.952. The van der Waals surface area contributed by atoms with Gasteiger partial charge in [0.2, 0.25) is 0 Å². The number of carbonyl (C=O) groups excluding carboxylic acids is 1. The summed E-state index contributed by atoms with van der Waals surface area (Å²) in [6.07, 6.45) is 0.634. The maximum Gasteiger partial charge on any atom is 0.328 e. The van der Waals surface area contributed by atoms with Crippen LogP contribution in [0.3, 0.4) is 0 Å². The third-order valence-electron chi connectivity index (χ3n) is 3.62. The van der Waals surface area contributed by atoms with Gasteiger partial charge in [0.1, 0.15) is 5.78 Å². The Hall–Kier alpha value is -1.97. The minimum absolute atomic E-state index is 0.120. The van der Waals surface area contributed by atoms with E-state index in [0.29, 0.717) is 12.1 Å². The Balaban J connectivity index is 2.17. The molecule has 1 aliphatic carbocycles. The summed E-state index contributed by atoms with van der Waals surface area (Å²) in [7, 11) is 0. The number of benzene rings is 1. The molecule has 0 aliphatic heterocycles. The Labute approximate surface area is 112 Å². The maximum atomic E-state index is 11.4. The number of hydrogen-bond acceptors (Lipinski definition) is 3. The molecule has 0 spiro atoms. The van der Waals surface area contributed by atoms with Crippen LogP contribution in [0.1, 0.15) is 25.8 Å². The second-order valence-electron chi connectivity index (χ2n) is 5.34. The highest BCUT2D eigenvalue weighted by Gasteiger charge is 2.44. The van der Waals surface area contributed by atoms with Crippen LogP contribution in [0.5, 0.6) is 0 Å². The molecule has 0 unspecified atom stereocenters. The summed E-state index contributed by atoms with van der Waals surface area (Å²) >= 11 is 0. The van der Waals surface area contributed by atoms with Crippen molar-refractivity contribution < 1.29 is 14.7 Å². The molecule has 1 saturated carbocycles. The first-order valence-electron chi connectivity index (χ1n) is 6.28. The summed E-state index contributed by atoms with van der Waals surface area (Å²) in [5, 5.41) is 9.25. The van der Waals surface area contributed by atoms with Crippen molar-refractivity contribution in [2.45, 2.75) is 32.7 Å². The van der Waals surface area contributed by atoms with Gasteiger partial charge in [-0.25, -0.2) is 4.79 Å². The van der Waals surface area contributed by atoms with E-state index in [2.05, 4.69) is 4.99 Å². The van der Waals surface area contributed by atoms with Crippen molar-refractivity contribution in [3.8, 4) is 0 Å². The van der Waals surface area contributed by atoms with E-state index >= 15 is 0 Å². The molecule has 2 rings (SSSR count). The van der Waals surface area contributed by atoms with E-state index in [-0.39, 0.29) is 12.2 Å². The molecule has 0 bridgehead atoms. The molecule has 4 nitrogen and oxygen atoms in total. The molecule has 1 atom stereocenters. The molecule has 100 valence electrons. The Morgan fingerprint density at radius 3 is 2.47 bits per heavy atom. The molecule has 0 radical (unpaired) electrons. The smallest absolute Gasteiger partial charge is 0.328 e. The van der Waals surface area contributed by atoms with Gasteiger partial charge in [-0.1, -0.05) is 30.3 Å². The van der Waals surface area contributed by atoms with E-state index in [1.54, 1.807) is 13.8 Å². The molecule has 0 aromatic heterocycles.